The van der Waals surface area contributed by atoms with Crippen LogP contribution in [-0.2, 0) is 27.0 Å². The maximum Gasteiger partial charge on any atom is 0.407 e. The average molecular weight is 403 g/mol. The fourth-order valence-electron chi connectivity index (χ4n) is 3.29. The van der Waals surface area contributed by atoms with Crippen molar-refractivity contribution in [2.75, 3.05) is 26.0 Å². The van der Waals surface area contributed by atoms with Crippen molar-refractivity contribution in [1.82, 2.24) is 14.5 Å². The van der Waals surface area contributed by atoms with Gasteiger partial charge in [0.05, 0.1) is 19.4 Å². The smallest absolute Gasteiger partial charge is 0.407 e. The monoisotopic (exact) mass is 403 g/mol. The summed E-state index contributed by atoms with van der Waals surface area (Å²) in [6.07, 6.45) is -0.0445. The highest BCUT2D eigenvalue weighted by molar-refractivity contribution is 7.86. The summed E-state index contributed by atoms with van der Waals surface area (Å²) in [7, 11) is -4.15. The lowest BCUT2D eigenvalue weighted by Gasteiger charge is -2.43. The summed E-state index contributed by atoms with van der Waals surface area (Å²) >= 11 is 0. The van der Waals surface area contributed by atoms with E-state index in [1.807, 2.05) is 0 Å². The topological polar surface area (TPSA) is 165 Å². The molecule has 2 N–H and O–H groups in total. The fraction of sp³-hybridized carbons (Fsp3) is 0.571. The van der Waals surface area contributed by atoms with E-state index in [2.05, 4.69) is 9.17 Å². The van der Waals surface area contributed by atoms with Gasteiger partial charge in [-0.25, -0.2) is 14.6 Å². The zero-order chi connectivity index (χ0) is 20.0. The quantitative estimate of drug-likeness (QED) is 0.615. The van der Waals surface area contributed by atoms with E-state index >= 15 is 0 Å². The number of aromatic nitrogens is 2. The lowest BCUT2D eigenvalue weighted by molar-refractivity contribution is -0.114. The summed E-state index contributed by atoms with van der Waals surface area (Å²) < 4.78 is 34.3. The third-order valence-electron chi connectivity index (χ3n) is 4.51. The number of carboxylic acids is 1. The minimum absolute atomic E-state index is 0.0297. The third kappa shape index (κ3) is 3.47. The van der Waals surface area contributed by atoms with Crippen LogP contribution < -0.4 is 9.74 Å². The molecule has 3 heterocycles. The number of amides is 1. The van der Waals surface area contributed by atoms with Crippen molar-refractivity contribution in [2.24, 2.45) is 0 Å². The SMILES string of the molecule is CS(=O)(=O)Oc1c(C(=O)O)nc2n(c1=O)CCOC21CCN(C(=O)O)CC1. The number of fused-ring (bicyclic) bond motifs is 2. The van der Waals surface area contributed by atoms with Crippen LogP contribution in [0.25, 0.3) is 0 Å². The molecular weight excluding hydrogens is 386 g/mol. The van der Waals surface area contributed by atoms with Crippen LogP contribution >= 0.6 is 0 Å². The van der Waals surface area contributed by atoms with Crippen molar-refractivity contribution in [1.29, 1.82) is 0 Å². The van der Waals surface area contributed by atoms with Gasteiger partial charge in [-0.15, -0.1) is 0 Å². The third-order valence-corrected chi connectivity index (χ3v) is 4.98. The second-order valence-corrected chi connectivity index (χ2v) is 7.85. The van der Waals surface area contributed by atoms with Crippen molar-refractivity contribution in [3.8, 4) is 5.75 Å². The molecule has 0 aliphatic carbocycles. The molecule has 1 aromatic heterocycles. The Morgan fingerprint density at radius 3 is 2.37 bits per heavy atom. The number of nitrogens with zero attached hydrogens (tertiary/aromatic N) is 3. The molecule has 0 unspecified atom stereocenters. The molecule has 0 bridgehead atoms. The number of hydrogen-bond acceptors (Lipinski definition) is 8. The molecule has 12 nitrogen and oxygen atoms in total. The number of piperidine rings is 1. The van der Waals surface area contributed by atoms with Crippen LogP contribution in [0.4, 0.5) is 4.79 Å². The molecule has 0 aromatic carbocycles. The number of ether oxygens (including phenoxy) is 1. The Labute approximate surface area is 153 Å². The molecule has 0 radical (unpaired) electrons. The first-order valence-corrected chi connectivity index (χ1v) is 9.76. The normalized spacial score (nSPS) is 18.8. The molecule has 1 fully saturated rings. The van der Waals surface area contributed by atoms with Crippen LogP contribution in [0.5, 0.6) is 5.75 Å². The Balaban J connectivity index is 2.13. The van der Waals surface area contributed by atoms with Crippen molar-refractivity contribution in [2.45, 2.75) is 25.0 Å². The summed E-state index contributed by atoms with van der Waals surface area (Å²) in [6, 6.07) is 0. The van der Waals surface area contributed by atoms with Gasteiger partial charge in [-0.05, 0) is 0 Å². The van der Waals surface area contributed by atoms with Gasteiger partial charge >= 0.3 is 22.2 Å². The lowest BCUT2D eigenvalue weighted by Crippen LogP contribution is -2.52. The van der Waals surface area contributed by atoms with Gasteiger partial charge in [0.1, 0.15) is 11.4 Å². The second-order valence-electron chi connectivity index (χ2n) is 6.27. The number of aromatic carboxylic acids is 1. The van der Waals surface area contributed by atoms with Crippen molar-refractivity contribution in [3.63, 3.8) is 0 Å². The van der Waals surface area contributed by atoms with Crippen LogP contribution in [0.2, 0.25) is 0 Å². The van der Waals surface area contributed by atoms with Crippen LogP contribution in [0.3, 0.4) is 0 Å². The molecular formula is C14H17N3O9S. The second kappa shape index (κ2) is 6.49. The van der Waals surface area contributed by atoms with Crippen LogP contribution in [-0.4, -0.2) is 71.1 Å². The van der Waals surface area contributed by atoms with Gasteiger partial charge < -0.3 is 24.0 Å². The molecule has 3 rings (SSSR count). The van der Waals surface area contributed by atoms with Crippen LogP contribution in [0.1, 0.15) is 29.2 Å². The molecule has 2 aliphatic rings. The zero-order valence-corrected chi connectivity index (χ0v) is 15.1. The molecule has 0 atom stereocenters. The van der Waals surface area contributed by atoms with Crippen molar-refractivity contribution in [3.05, 3.63) is 21.9 Å². The molecule has 27 heavy (non-hydrogen) atoms. The van der Waals surface area contributed by atoms with Gasteiger partial charge in [-0.2, -0.15) is 8.42 Å². The van der Waals surface area contributed by atoms with Crippen LogP contribution in [0, 0.1) is 0 Å². The highest BCUT2D eigenvalue weighted by atomic mass is 32.2. The van der Waals surface area contributed by atoms with E-state index in [0.29, 0.717) is 6.26 Å². The van der Waals surface area contributed by atoms with Crippen molar-refractivity contribution < 1.29 is 37.1 Å². The Morgan fingerprint density at radius 1 is 1.22 bits per heavy atom. The Morgan fingerprint density at radius 2 is 1.85 bits per heavy atom. The van der Waals surface area contributed by atoms with E-state index in [1.165, 1.54) is 4.90 Å². The van der Waals surface area contributed by atoms with E-state index in [-0.39, 0.29) is 44.9 Å². The van der Waals surface area contributed by atoms with Crippen LogP contribution in [0.15, 0.2) is 4.79 Å². The predicted octanol–water partition coefficient (Wildman–Crippen LogP) is -0.721. The van der Waals surface area contributed by atoms with Gasteiger partial charge in [0, 0.05) is 25.9 Å². The van der Waals surface area contributed by atoms with Gasteiger partial charge in [0.25, 0.3) is 5.56 Å². The average Bonchev–Trinajstić information content (AvgIpc) is 2.57. The van der Waals surface area contributed by atoms with E-state index in [9.17, 15) is 27.9 Å². The Hall–Kier alpha value is -2.67. The highest BCUT2D eigenvalue weighted by Crippen LogP contribution is 2.38. The molecule has 1 saturated heterocycles. The number of hydrogen-bond donors (Lipinski definition) is 2. The predicted molar refractivity (Wildman–Crippen MR) is 87.4 cm³/mol. The standard InChI is InChI=1S/C14H17N3O9S/c1-27(23,24)26-9-8(11(19)20)15-12-14(25-7-6-17(12)10(9)18)2-4-16(5-3-14)13(21)22/h2-7H2,1H3,(H,19,20)(H,21,22). The summed E-state index contributed by atoms with van der Waals surface area (Å²) in [5.74, 6) is -2.48. The fourth-order valence-corrected chi connectivity index (χ4v) is 3.74. The largest absolute Gasteiger partial charge is 0.476 e. The molecule has 1 aromatic rings. The minimum Gasteiger partial charge on any atom is -0.476 e. The number of rotatable bonds is 3. The Kier molecular flexibility index (Phi) is 4.59. The highest BCUT2D eigenvalue weighted by Gasteiger charge is 2.45. The van der Waals surface area contributed by atoms with E-state index in [4.69, 9.17) is 9.84 Å². The summed E-state index contributed by atoms with van der Waals surface area (Å²) in [6.45, 7) is 0.377. The van der Waals surface area contributed by atoms with E-state index in [0.717, 1.165) is 4.57 Å². The summed E-state index contributed by atoms with van der Waals surface area (Å²) in [5, 5.41) is 18.5. The number of carbonyl (C=O) groups is 2. The van der Waals surface area contributed by atoms with E-state index in [1.54, 1.807) is 0 Å². The maximum atomic E-state index is 12.7. The molecule has 1 spiro atoms. The first-order chi connectivity index (χ1) is 12.5. The number of likely N-dealkylation sites (tertiary alicyclic amines) is 1. The molecule has 0 saturated carbocycles. The summed E-state index contributed by atoms with van der Waals surface area (Å²) in [5.41, 5.74) is -2.90. The zero-order valence-electron chi connectivity index (χ0n) is 14.2. The first-order valence-electron chi connectivity index (χ1n) is 7.94. The first kappa shape index (κ1) is 19.1. The Bertz CT molecular complexity index is 961. The molecule has 148 valence electrons. The van der Waals surface area contributed by atoms with Gasteiger partial charge in [0.15, 0.2) is 5.69 Å². The van der Waals surface area contributed by atoms with E-state index < -0.39 is 44.8 Å². The molecule has 2 aliphatic heterocycles. The van der Waals surface area contributed by atoms with Gasteiger partial charge in [-0.1, -0.05) is 0 Å². The molecule has 13 heteroatoms. The van der Waals surface area contributed by atoms with Gasteiger partial charge in [0.2, 0.25) is 5.75 Å². The van der Waals surface area contributed by atoms with Crippen molar-refractivity contribution >= 4 is 22.2 Å². The minimum atomic E-state index is -4.15. The van der Waals surface area contributed by atoms with Gasteiger partial charge in [-0.3, -0.25) is 9.36 Å². The summed E-state index contributed by atoms with van der Waals surface area (Å²) in [4.78, 5) is 40.6. The number of carboxylic acid groups (broad SMARTS) is 2. The maximum absolute atomic E-state index is 12.7. The lowest BCUT2D eigenvalue weighted by atomic mass is 9.89. The molecule has 1 amide bonds.